The summed E-state index contributed by atoms with van der Waals surface area (Å²) in [6, 6.07) is 2.43. The molecule has 0 aromatic carbocycles. The Morgan fingerprint density at radius 3 is 2.68 bits per heavy atom. The minimum atomic E-state index is -3.65. The van der Waals surface area contributed by atoms with Crippen molar-refractivity contribution >= 4 is 15.8 Å². The van der Waals surface area contributed by atoms with Crippen molar-refractivity contribution in [2.24, 2.45) is 5.84 Å². The van der Waals surface area contributed by atoms with Crippen molar-refractivity contribution in [1.82, 2.24) is 19.7 Å². The molecule has 0 aliphatic heterocycles. The summed E-state index contributed by atoms with van der Waals surface area (Å²) in [5.74, 6) is 6.09. The molecule has 0 fully saturated rings. The zero-order chi connectivity index (χ0) is 13.9. The second-order valence-electron chi connectivity index (χ2n) is 3.84. The number of pyridine rings is 1. The first-order valence-corrected chi connectivity index (χ1v) is 6.95. The number of imidazole rings is 1. The molecule has 2 aromatic heterocycles. The van der Waals surface area contributed by atoms with Gasteiger partial charge in [-0.25, -0.2) is 29.0 Å². The largest absolute Gasteiger partial charge is 0.347 e. The summed E-state index contributed by atoms with van der Waals surface area (Å²) < 4.78 is 26.7. The molecule has 0 amide bonds. The molecule has 0 aliphatic rings. The number of anilines is 1. The van der Waals surface area contributed by atoms with Gasteiger partial charge in [-0.15, -0.1) is 0 Å². The van der Waals surface area contributed by atoms with Crippen LogP contribution in [0.15, 0.2) is 35.6 Å². The highest BCUT2D eigenvalue weighted by Crippen LogP contribution is 2.14. The van der Waals surface area contributed by atoms with E-state index in [2.05, 4.69) is 25.1 Å². The van der Waals surface area contributed by atoms with Gasteiger partial charge in [-0.2, -0.15) is 0 Å². The van der Waals surface area contributed by atoms with Gasteiger partial charge in [0.15, 0.2) is 0 Å². The van der Waals surface area contributed by atoms with E-state index >= 15 is 0 Å². The summed E-state index contributed by atoms with van der Waals surface area (Å²) in [6.07, 6.45) is 4.42. The molecule has 2 aromatic rings. The molecule has 2 rings (SSSR count). The van der Waals surface area contributed by atoms with Gasteiger partial charge < -0.3 is 10.4 Å². The zero-order valence-corrected chi connectivity index (χ0v) is 11.0. The number of nitrogens with zero attached hydrogens (tertiary/aromatic N) is 2. The number of nitrogen functional groups attached to an aromatic ring is 1. The van der Waals surface area contributed by atoms with Crippen LogP contribution >= 0.6 is 0 Å². The predicted molar refractivity (Wildman–Crippen MR) is 69.4 cm³/mol. The number of hydrazine groups is 1. The highest BCUT2D eigenvalue weighted by atomic mass is 32.2. The Morgan fingerprint density at radius 1 is 1.37 bits per heavy atom. The first kappa shape index (κ1) is 13.5. The van der Waals surface area contributed by atoms with Crippen LogP contribution in [0.4, 0.5) is 5.82 Å². The lowest BCUT2D eigenvalue weighted by molar-refractivity contribution is 0.561. The molecular formula is C10H14N6O2S. The number of rotatable bonds is 5. The predicted octanol–water partition coefficient (Wildman–Crippen LogP) is 0.130. The molecular weight excluding hydrogens is 268 g/mol. The van der Waals surface area contributed by atoms with E-state index in [-0.39, 0.29) is 4.90 Å². The van der Waals surface area contributed by atoms with E-state index < -0.39 is 16.1 Å². The van der Waals surface area contributed by atoms with Crippen LogP contribution in [0, 0.1) is 0 Å². The van der Waals surface area contributed by atoms with E-state index in [1.165, 1.54) is 18.3 Å². The van der Waals surface area contributed by atoms with Crippen LogP contribution in [0.1, 0.15) is 18.8 Å². The monoisotopic (exact) mass is 282 g/mol. The third-order valence-corrected chi connectivity index (χ3v) is 3.98. The molecule has 102 valence electrons. The van der Waals surface area contributed by atoms with Crippen LogP contribution in [0.25, 0.3) is 0 Å². The lowest BCUT2D eigenvalue weighted by Crippen LogP contribution is -2.27. The normalized spacial score (nSPS) is 13.2. The number of nitrogens with two attached hydrogens (primary N) is 1. The summed E-state index contributed by atoms with van der Waals surface area (Å²) in [5, 5.41) is 0. The lowest BCUT2D eigenvalue weighted by atomic mass is 10.3. The Hall–Kier alpha value is -1.97. The zero-order valence-electron chi connectivity index (χ0n) is 10.2. The maximum Gasteiger partial charge on any atom is 0.242 e. The molecule has 0 spiro atoms. The maximum atomic E-state index is 12.1. The highest BCUT2D eigenvalue weighted by Gasteiger charge is 2.19. The number of H-pyrrole nitrogens is 1. The first-order valence-electron chi connectivity index (χ1n) is 5.47. The van der Waals surface area contributed by atoms with Crippen molar-refractivity contribution in [3.8, 4) is 0 Å². The van der Waals surface area contributed by atoms with Gasteiger partial charge in [-0.1, -0.05) is 0 Å². The highest BCUT2D eigenvalue weighted by molar-refractivity contribution is 7.89. The van der Waals surface area contributed by atoms with Gasteiger partial charge in [0.05, 0.1) is 6.04 Å². The van der Waals surface area contributed by atoms with Gasteiger partial charge in [-0.05, 0) is 19.1 Å². The van der Waals surface area contributed by atoms with Crippen molar-refractivity contribution in [2.45, 2.75) is 17.9 Å². The Morgan fingerprint density at radius 2 is 2.16 bits per heavy atom. The van der Waals surface area contributed by atoms with Crippen molar-refractivity contribution in [3.05, 3.63) is 36.5 Å². The van der Waals surface area contributed by atoms with Crippen LogP contribution in [-0.4, -0.2) is 23.4 Å². The molecule has 0 bridgehead atoms. The first-order chi connectivity index (χ1) is 9.03. The van der Waals surface area contributed by atoms with Crippen molar-refractivity contribution in [3.63, 3.8) is 0 Å². The van der Waals surface area contributed by atoms with E-state index in [1.54, 1.807) is 19.3 Å². The average Bonchev–Trinajstić information content (AvgIpc) is 2.92. The molecule has 2 heterocycles. The molecule has 0 radical (unpaired) electrons. The number of hydrogen-bond acceptors (Lipinski definition) is 6. The molecule has 0 saturated carbocycles. The van der Waals surface area contributed by atoms with Crippen molar-refractivity contribution in [2.75, 3.05) is 5.43 Å². The Bertz CT molecular complexity index is 623. The average molecular weight is 282 g/mol. The van der Waals surface area contributed by atoms with E-state index in [4.69, 9.17) is 5.84 Å². The standard InChI is InChI=1S/C10H14N6O2S/c1-7(10-12-4-5-13-10)16-19(17,18)8-2-3-9(15-11)14-6-8/h2-7,16H,11H2,1H3,(H,12,13)(H,14,15). The number of aromatic amines is 1. The molecule has 8 nitrogen and oxygen atoms in total. The van der Waals surface area contributed by atoms with Gasteiger partial charge in [0, 0.05) is 18.6 Å². The summed E-state index contributed by atoms with van der Waals surface area (Å²) in [5.41, 5.74) is 2.33. The van der Waals surface area contributed by atoms with Gasteiger partial charge in [0.25, 0.3) is 0 Å². The summed E-state index contributed by atoms with van der Waals surface area (Å²) in [7, 11) is -3.65. The van der Waals surface area contributed by atoms with E-state index in [0.717, 1.165) is 0 Å². The van der Waals surface area contributed by atoms with Crippen LogP contribution in [-0.2, 0) is 10.0 Å². The summed E-state index contributed by atoms with van der Waals surface area (Å²) in [6.45, 7) is 1.69. The SMILES string of the molecule is CC(NS(=O)(=O)c1ccc(NN)nc1)c1ncc[nH]1. The van der Waals surface area contributed by atoms with E-state index in [1.807, 2.05) is 0 Å². The molecule has 19 heavy (non-hydrogen) atoms. The van der Waals surface area contributed by atoms with Gasteiger partial charge in [0.2, 0.25) is 10.0 Å². The smallest absolute Gasteiger partial charge is 0.242 e. The molecule has 1 unspecified atom stereocenters. The molecule has 1 atom stereocenters. The van der Waals surface area contributed by atoms with Crippen LogP contribution in [0.2, 0.25) is 0 Å². The topological polar surface area (TPSA) is 126 Å². The lowest BCUT2D eigenvalue weighted by Gasteiger charge is -2.12. The minimum Gasteiger partial charge on any atom is -0.347 e. The summed E-state index contributed by atoms with van der Waals surface area (Å²) in [4.78, 5) is 10.8. The number of aromatic nitrogens is 3. The second kappa shape index (κ2) is 5.34. The molecule has 5 N–H and O–H groups in total. The Balaban J connectivity index is 2.17. The fourth-order valence-corrected chi connectivity index (χ4v) is 2.65. The fraction of sp³-hybridized carbons (Fsp3) is 0.200. The third-order valence-electron chi connectivity index (χ3n) is 2.46. The van der Waals surface area contributed by atoms with Crippen molar-refractivity contribution in [1.29, 1.82) is 0 Å². The molecule has 9 heteroatoms. The van der Waals surface area contributed by atoms with Gasteiger partial charge >= 0.3 is 0 Å². The third kappa shape index (κ3) is 3.08. The quantitative estimate of drug-likeness (QED) is 0.456. The van der Waals surface area contributed by atoms with Crippen LogP contribution in [0.5, 0.6) is 0 Å². The number of sulfonamides is 1. The fourth-order valence-electron chi connectivity index (χ4n) is 1.50. The minimum absolute atomic E-state index is 0.0601. The van der Waals surface area contributed by atoms with Gasteiger partial charge in [0.1, 0.15) is 16.5 Å². The molecule has 0 saturated heterocycles. The summed E-state index contributed by atoms with van der Waals surface area (Å²) >= 11 is 0. The van der Waals surface area contributed by atoms with Crippen LogP contribution in [0.3, 0.4) is 0 Å². The molecule has 0 aliphatic carbocycles. The van der Waals surface area contributed by atoms with E-state index in [0.29, 0.717) is 11.6 Å². The maximum absolute atomic E-state index is 12.1. The number of nitrogens with one attached hydrogen (secondary N) is 3. The van der Waals surface area contributed by atoms with Crippen LogP contribution < -0.4 is 16.0 Å². The Kier molecular flexibility index (Phi) is 3.79. The van der Waals surface area contributed by atoms with Gasteiger partial charge in [-0.3, -0.25) is 0 Å². The van der Waals surface area contributed by atoms with E-state index in [9.17, 15) is 8.42 Å². The Labute approximate surface area is 110 Å². The second-order valence-corrected chi connectivity index (χ2v) is 5.55. The number of hydrogen-bond donors (Lipinski definition) is 4. The van der Waals surface area contributed by atoms with Crippen molar-refractivity contribution < 1.29 is 8.42 Å².